The van der Waals surface area contributed by atoms with Crippen molar-refractivity contribution < 1.29 is 4.79 Å². The predicted octanol–water partition coefficient (Wildman–Crippen LogP) is 2.44. The number of aryl methyl sites for hydroxylation is 1. The highest BCUT2D eigenvalue weighted by Crippen LogP contribution is 2.12. The normalized spacial score (nSPS) is 17.4. The smallest absolute Gasteiger partial charge is 0.220 e. The minimum atomic E-state index is 0. The number of carbonyl (C=O) groups excluding carboxylic acids is 1. The van der Waals surface area contributed by atoms with Gasteiger partial charge in [-0.15, -0.1) is 36.2 Å². The van der Waals surface area contributed by atoms with Gasteiger partial charge in [-0.3, -0.25) is 4.79 Å². The Morgan fingerprint density at radius 1 is 1.58 bits per heavy atom. The molecule has 0 spiro atoms. The van der Waals surface area contributed by atoms with Crippen LogP contribution in [0.3, 0.4) is 0 Å². The molecule has 1 saturated heterocycles. The van der Waals surface area contributed by atoms with E-state index in [1.54, 1.807) is 11.3 Å². The van der Waals surface area contributed by atoms with Crippen molar-refractivity contribution in [3.63, 3.8) is 0 Å². The fourth-order valence-electron chi connectivity index (χ4n) is 2.07. The van der Waals surface area contributed by atoms with Crippen LogP contribution in [-0.4, -0.2) is 23.5 Å². The van der Waals surface area contributed by atoms with Crippen LogP contribution < -0.4 is 10.6 Å². The van der Waals surface area contributed by atoms with Gasteiger partial charge >= 0.3 is 0 Å². The van der Waals surface area contributed by atoms with Gasteiger partial charge in [0.15, 0.2) is 0 Å². The quantitative estimate of drug-likeness (QED) is 0.874. The molecular formula is C12H21Cl2N3OS. The van der Waals surface area contributed by atoms with E-state index in [0.29, 0.717) is 19.0 Å². The molecule has 0 saturated carbocycles. The molecule has 1 unspecified atom stereocenters. The first-order valence-electron chi connectivity index (χ1n) is 6.15. The van der Waals surface area contributed by atoms with E-state index in [1.165, 1.54) is 12.8 Å². The average Bonchev–Trinajstić information content (AvgIpc) is 2.95. The number of nitrogens with one attached hydrogen (secondary N) is 2. The maximum absolute atomic E-state index is 11.6. The third kappa shape index (κ3) is 6.56. The fourth-order valence-corrected chi connectivity index (χ4v) is 2.80. The second-order valence-corrected chi connectivity index (χ2v) is 5.77. The van der Waals surface area contributed by atoms with Crippen molar-refractivity contribution in [1.82, 2.24) is 15.6 Å². The molecule has 2 rings (SSSR count). The number of hydrogen-bond donors (Lipinski definition) is 2. The summed E-state index contributed by atoms with van der Waals surface area (Å²) in [6.07, 6.45) is 5.86. The number of carbonyl (C=O) groups is 1. The molecule has 110 valence electrons. The molecule has 1 aromatic heterocycles. The molecule has 19 heavy (non-hydrogen) atoms. The molecule has 1 amide bonds. The number of nitrogens with zero attached hydrogens (tertiary/aromatic N) is 1. The van der Waals surface area contributed by atoms with Gasteiger partial charge in [-0.1, -0.05) is 0 Å². The Kier molecular flexibility index (Phi) is 9.35. The van der Waals surface area contributed by atoms with Gasteiger partial charge in [0, 0.05) is 23.5 Å². The van der Waals surface area contributed by atoms with Gasteiger partial charge in [0.2, 0.25) is 5.91 Å². The molecule has 4 nitrogen and oxygen atoms in total. The third-order valence-electron chi connectivity index (χ3n) is 3.01. The van der Waals surface area contributed by atoms with Crippen LogP contribution in [0.2, 0.25) is 0 Å². The average molecular weight is 326 g/mol. The van der Waals surface area contributed by atoms with Gasteiger partial charge < -0.3 is 10.6 Å². The van der Waals surface area contributed by atoms with E-state index in [2.05, 4.69) is 15.6 Å². The monoisotopic (exact) mass is 325 g/mol. The zero-order chi connectivity index (χ0) is 12.1. The summed E-state index contributed by atoms with van der Waals surface area (Å²) < 4.78 is 0. The van der Waals surface area contributed by atoms with Gasteiger partial charge in [0.25, 0.3) is 0 Å². The van der Waals surface area contributed by atoms with Gasteiger partial charge in [-0.25, -0.2) is 4.98 Å². The van der Waals surface area contributed by atoms with Gasteiger partial charge in [0.05, 0.1) is 11.6 Å². The Labute approximate surface area is 130 Å². The van der Waals surface area contributed by atoms with Crippen molar-refractivity contribution in [2.24, 2.45) is 0 Å². The number of halogens is 2. The van der Waals surface area contributed by atoms with E-state index >= 15 is 0 Å². The summed E-state index contributed by atoms with van der Waals surface area (Å²) in [6.45, 7) is 3.69. The molecular weight excluding hydrogens is 305 g/mol. The number of amides is 1. The van der Waals surface area contributed by atoms with Gasteiger partial charge in [0.1, 0.15) is 0 Å². The zero-order valence-electron chi connectivity index (χ0n) is 11.0. The summed E-state index contributed by atoms with van der Waals surface area (Å²) in [4.78, 5) is 16.9. The Hall–Kier alpha value is -0.360. The first-order valence-corrected chi connectivity index (χ1v) is 6.97. The second kappa shape index (κ2) is 9.53. The maximum Gasteiger partial charge on any atom is 0.220 e. The molecule has 0 radical (unpaired) electrons. The van der Waals surface area contributed by atoms with Crippen molar-refractivity contribution in [1.29, 1.82) is 0 Å². The van der Waals surface area contributed by atoms with Crippen LogP contribution in [0.25, 0.3) is 0 Å². The standard InChI is InChI=1S/C12H19N3OS.2ClH/c1-9-14-7-11(17-9)8-15-12(16)5-4-10-3-2-6-13-10;;/h7,10,13H,2-6,8H2,1H3,(H,15,16);2*1H. The van der Waals surface area contributed by atoms with Crippen LogP contribution in [0.1, 0.15) is 35.6 Å². The van der Waals surface area contributed by atoms with Crippen molar-refractivity contribution in [2.45, 2.75) is 45.2 Å². The molecule has 1 aliphatic heterocycles. The molecule has 1 aromatic rings. The molecule has 2 N–H and O–H groups in total. The van der Waals surface area contributed by atoms with E-state index in [9.17, 15) is 4.79 Å². The lowest BCUT2D eigenvalue weighted by Gasteiger charge is -2.09. The molecule has 1 atom stereocenters. The number of hydrogen-bond acceptors (Lipinski definition) is 4. The van der Waals surface area contributed by atoms with E-state index in [-0.39, 0.29) is 30.7 Å². The first kappa shape index (κ1) is 18.6. The Balaban J connectivity index is 0.00000162. The van der Waals surface area contributed by atoms with Crippen molar-refractivity contribution in [3.8, 4) is 0 Å². The summed E-state index contributed by atoms with van der Waals surface area (Å²) >= 11 is 1.63. The van der Waals surface area contributed by atoms with E-state index in [0.717, 1.165) is 22.9 Å². The van der Waals surface area contributed by atoms with Crippen molar-refractivity contribution >= 4 is 42.1 Å². The van der Waals surface area contributed by atoms with Gasteiger partial charge in [-0.05, 0) is 32.7 Å². The van der Waals surface area contributed by atoms with Crippen LogP contribution in [0.4, 0.5) is 0 Å². The maximum atomic E-state index is 11.6. The number of rotatable bonds is 5. The minimum absolute atomic E-state index is 0. The zero-order valence-corrected chi connectivity index (χ0v) is 13.4. The highest BCUT2D eigenvalue weighted by Gasteiger charge is 2.15. The lowest BCUT2D eigenvalue weighted by molar-refractivity contribution is -0.121. The van der Waals surface area contributed by atoms with E-state index in [1.807, 2.05) is 13.1 Å². The minimum Gasteiger partial charge on any atom is -0.351 e. The second-order valence-electron chi connectivity index (χ2n) is 4.45. The highest BCUT2D eigenvalue weighted by molar-refractivity contribution is 7.11. The van der Waals surface area contributed by atoms with Crippen molar-refractivity contribution in [3.05, 3.63) is 16.1 Å². The summed E-state index contributed by atoms with van der Waals surface area (Å²) in [5, 5.41) is 7.39. The Morgan fingerprint density at radius 2 is 2.37 bits per heavy atom. The third-order valence-corrected chi connectivity index (χ3v) is 3.92. The van der Waals surface area contributed by atoms with E-state index < -0.39 is 0 Å². The molecule has 0 aromatic carbocycles. The molecule has 0 aliphatic carbocycles. The summed E-state index contributed by atoms with van der Waals surface area (Å²) in [6, 6.07) is 0.548. The highest BCUT2D eigenvalue weighted by atomic mass is 35.5. The van der Waals surface area contributed by atoms with E-state index in [4.69, 9.17) is 0 Å². The lowest BCUT2D eigenvalue weighted by atomic mass is 10.1. The summed E-state index contributed by atoms with van der Waals surface area (Å²) in [5.74, 6) is 0.143. The topological polar surface area (TPSA) is 54.0 Å². The SMILES string of the molecule is Cc1ncc(CNC(=O)CCC2CCCN2)s1.Cl.Cl. The largest absolute Gasteiger partial charge is 0.351 e. The Bertz CT molecular complexity index is 381. The molecule has 1 aliphatic rings. The van der Waals surface area contributed by atoms with Crippen LogP contribution >= 0.6 is 36.2 Å². The molecule has 2 heterocycles. The first-order chi connectivity index (χ1) is 8.24. The Morgan fingerprint density at radius 3 is 2.95 bits per heavy atom. The molecule has 1 fully saturated rings. The van der Waals surface area contributed by atoms with Crippen molar-refractivity contribution in [2.75, 3.05) is 6.54 Å². The van der Waals surface area contributed by atoms with Crippen LogP contribution in [-0.2, 0) is 11.3 Å². The van der Waals surface area contributed by atoms with Crippen LogP contribution in [0, 0.1) is 6.92 Å². The predicted molar refractivity (Wildman–Crippen MR) is 83.5 cm³/mol. The molecule has 0 bridgehead atoms. The summed E-state index contributed by atoms with van der Waals surface area (Å²) in [7, 11) is 0. The van der Waals surface area contributed by atoms with Crippen LogP contribution in [0.15, 0.2) is 6.20 Å². The number of aromatic nitrogens is 1. The number of thiazole rings is 1. The lowest BCUT2D eigenvalue weighted by Crippen LogP contribution is -2.26. The fraction of sp³-hybridized carbons (Fsp3) is 0.667. The molecule has 7 heteroatoms. The van der Waals surface area contributed by atoms with Crippen LogP contribution in [0.5, 0.6) is 0 Å². The van der Waals surface area contributed by atoms with Gasteiger partial charge in [-0.2, -0.15) is 0 Å². The summed E-state index contributed by atoms with van der Waals surface area (Å²) in [5.41, 5.74) is 0.